The molecule has 0 aliphatic heterocycles. The molecule has 5 nitrogen and oxygen atoms in total. The van der Waals surface area contributed by atoms with Gasteiger partial charge in [-0.25, -0.2) is 5.43 Å². The zero-order valence-corrected chi connectivity index (χ0v) is 11.9. The molecule has 2 N–H and O–H groups in total. The minimum absolute atomic E-state index is 0.137. The van der Waals surface area contributed by atoms with Gasteiger partial charge in [-0.2, -0.15) is 5.10 Å². The van der Waals surface area contributed by atoms with E-state index in [9.17, 15) is 9.90 Å². The van der Waals surface area contributed by atoms with Gasteiger partial charge in [0.15, 0.2) is 0 Å². The number of ether oxygens (including phenoxy) is 1. The molecule has 0 fully saturated rings. The van der Waals surface area contributed by atoms with E-state index in [2.05, 4.69) is 17.1 Å². The lowest BCUT2D eigenvalue weighted by Crippen LogP contribution is -2.18. The third kappa shape index (κ3) is 4.21. The summed E-state index contributed by atoms with van der Waals surface area (Å²) in [7, 11) is 0. The molecule has 0 spiro atoms. The van der Waals surface area contributed by atoms with Gasteiger partial charge < -0.3 is 9.84 Å². The van der Waals surface area contributed by atoms with Crippen molar-refractivity contribution in [1.29, 1.82) is 0 Å². The predicted molar refractivity (Wildman–Crippen MR) is 85.3 cm³/mol. The lowest BCUT2D eigenvalue weighted by Gasteiger charge is -2.08. The van der Waals surface area contributed by atoms with Crippen molar-refractivity contribution in [3.8, 4) is 11.5 Å². The van der Waals surface area contributed by atoms with Crippen LogP contribution in [0.1, 0.15) is 15.9 Å². The van der Waals surface area contributed by atoms with E-state index in [1.165, 1.54) is 12.3 Å². The molecule has 0 saturated heterocycles. The number of phenols is 1. The fourth-order valence-corrected chi connectivity index (χ4v) is 1.76. The van der Waals surface area contributed by atoms with Gasteiger partial charge >= 0.3 is 0 Å². The third-order valence-electron chi connectivity index (χ3n) is 2.74. The Kier molecular flexibility index (Phi) is 5.31. The van der Waals surface area contributed by atoms with E-state index in [-0.39, 0.29) is 11.7 Å². The second kappa shape index (κ2) is 7.64. The second-order valence-corrected chi connectivity index (χ2v) is 4.39. The zero-order valence-electron chi connectivity index (χ0n) is 11.9. The first-order valence-electron chi connectivity index (χ1n) is 6.66. The number of hydrogen-bond donors (Lipinski definition) is 2. The van der Waals surface area contributed by atoms with Gasteiger partial charge in [-0.3, -0.25) is 4.79 Å². The SMILES string of the molecule is C=CCOc1ccccc1C(=O)NN=Cc1cccc(O)c1. The zero-order chi connectivity index (χ0) is 15.8. The molecule has 0 unspecified atom stereocenters. The lowest BCUT2D eigenvalue weighted by molar-refractivity contribution is 0.0951. The number of hydrogen-bond acceptors (Lipinski definition) is 4. The molecule has 0 heterocycles. The van der Waals surface area contributed by atoms with E-state index in [1.807, 2.05) is 0 Å². The molecule has 0 bridgehead atoms. The first-order valence-corrected chi connectivity index (χ1v) is 6.66. The maximum Gasteiger partial charge on any atom is 0.275 e. The summed E-state index contributed by atoms with van der Waals surface area (Å²) in [5.41, 5.74) is 3.49. The second-order valence-electron chi connectivity index (χ2n) is 4.39. The molecule has 5 heteroatoms. The summed E-state index contributed by atoms with van der Waals surface area (Å²) in [6, 6.07) is 13.4. The predicted octanol–water partition coefficient (Wildman–Crippen LogP) is 2.72. The summed E-state index contributed by atoms with van der Waals surface area (Å²) in [5.74, 6) is 0.224. The van der Waals surface area contributed by atoms with Gasteiger partial charge in [0.2, 0.25) is 0 Å². The Hall–Kier alpha value is -3.08. The molecule has 0 atom stereocenters. The lowest BCUT2D eigenvalue weighted by atomic mass is 10.2. The number of benzene rings is 2. The molecule has 0 aromatic heterocycles. The Morgan fingerprint density at radius 1 is 1.27 bits per heavy atom. The van der Waals surface area contributed by atoms with E-state index in [1.54, 1.807) is 48.5 Å². The number of carbonyl (C=O) groups is 1. The van der Waals surface area contributed by atoms with Crippen molar-refractivity contribution in [1.82, 2.24) is 5.43 Å². The van der Waals surface area contributed by atoms with Gasteiger partial charge in [0.25, 0.3) is 5.91 Å². The van der Waals surface area contributed by atoms with Crippen molar-refractivity contribution < 1.29 is 14.6 Å². The van der Waals surface area contributed by atoms with Crippen LogP contribution in [0.2, 0.25) is 0 Å². The fraction of sp³-hybridized carbons (Fsp3) is 0.0588. The summed E-state index contributed by atoms with van der Waals surface area (Å²) < 4.78 is 5.42. The molecule has 0 radical (unpaired) electrons. The fourth-order valence-electron chi connectivity index (χ4n) is 1.76. The number of para-hydroxylation sites is 1. The third-order valence-corrected chi connectivity index (χ3v) is 2.74. The maximum absolute atomic E-state index is 12.1. The average molecular weight is 296 g/mol. The van der Waals surface area contributed by atoms with Gasteiger partial charge in [0.05, 0.1) is 11.8 Å². The summed E-state index contributed by atoms with van der Waals surface area (Å²) in [6.45, 7) is 3.89. The van der Waals surface area contributed by atoms with Gasteiger partial charge in [0.1, 0.15) is 18.1 Å². The average Bonchev–Trinajstić information content (AvgIpc) is 2.53. The molecule has 22 heavy (non-hydrogen) atoms. The monoisotopic (exact) mass is 296 g/mol. The molecule has 0 aliphatic rings. The Bertz CT molecular complexity index is 696. The van der Waals surface area contributed by atoms with Gasteiger partial charge in [-0.1, -0.05) is 36.9 Å². The molecule has 2 rings (SSSR count). The van der Waals surface area contributed by atoms with Crippen LogP contribution in [-0.4, -0.2) is 23.8 Å². The normalized spacial score (nSPS) is 10.4. The van der Waals surface area contributed by atoms with Crippen molar-refractivity contribution in [3.63, 3.8) is 0 Å². The Labute approximate surface area is 128 Å². The van der Waals surface area contributed by atoms with E-state index < -0.39 is 0 Å². The van der Waals surface area contributed by atoms with Gasteiger partial charge in [-0.15, -0.1) is 0 Å². The first kappa shape index (κ1) is 15.3. The van der Waals surface area contributed by atoms with Gasteiger partial charge in [-0.05, 0) is 29.8 Å². The summed E-state index contributed by atoms with van der Waals surface area (Å²) in [5, 5.41) is 13.2. The smallest absolute Gasteiger partial charge is 0.275 e. The molecular weight excluding hydrogens is 280 g/mol. The van der Waals surface area contributed by atoms with Crippen molar-refractivity contribution in [2.75, 3.05) is 6.61 Å². The molecule has 0 aliphatic carbocycles. The molecule has 0 saturated carbocycles. The minimum Gasteiger partial charge on any atom is -0.508 e. The molecule has 112 valence electrons. The van der Waals surface area contributed by atoms with E-state index in [4.69, 9.17) is 4.74 Å². The molecule has 2 aromatic rings. The van der Waals surface area contributed by atoms with Crippen LogP contribution >= 0.6 is 0 Å². The van der Waals surface area contributed by atoms with Crippen LogP contribution in [0.3, 0.4) is 0 Å². The summed E-state index contributed by atoms with van der Waals surface area (Å²) >= 11 is 0. The first-order chi connectivity index (χ1) is 10.7. The maximum atomic E-state index is 12.1. The highest BCUT2D eigenvalue weighted by Gasteiger charge is 2.10. The number of amides is 1. The summed E-state index contributed by atoms with van der Waals surface area (Å²) in [4.78, 5) is 12.1. The van der Waals surface area contributed by atoms with Crippen LogP contribution in [0, 0.1) is 0 Å². The van der Waals surface area contributed by atoms with Gasteiger partial charge in [0, 0.05) is 0 Å². The highest BCUT2D eigenvalue weighted by Crippen LogP contribution is 2.17. The van der Waals surface area contributed by atoms with Crippen LogP contribution in [0.25, 0.3) is 0 Å². The van der Waals surface area contributed by atoms with Crippen LogP contribution in [0.5, 0.6) is 11.5 Å². The standard InChI is InChI=1S/C17H16N2O3/c1-2-10-22-16-9-4-3-8-15(16)17(21)19-18-12-13-6-5-7-14(20)11-13/h2-9,11-12,20H,1,10H2,(H,19,21). The van der Waals surface area contributed by atoms with Crippen molar-refractivity contribution in [2.45, 2.75) is 0 Å². The number of rotatable bonds is 6. The van der Waals surface area contributed by atoms with E-state index >= 15 is 0 Å². The minimum atomic E-state index is -0.379. The number of carbonyl (C=O) groups excluding carboxylic acids is 1. The Balaban J connectivity index is 2.04. The highest BCUT2D eigenvalue weighted by atomic mass is 16.5. The van der Waals surface area contributed by atoms with E-state index in [0.29, 0.717) is 23.5 Å². The van der Waals surface area contributed by atoms with E-state index in [0.717, 1.165) is 0 Å². The van der Waals surface area contributed by atoms with Crippen LogP contribution < -0.4 is 10.2 Å². The Morgan fingerprint density at radius 2 is 2.09 bits per heavy atom. The summed E-state index contributed by atoms with van der Waals surface area (Å²) in [6.07, 6.45) is 3.06. The molecular formula is C17H16N2O3. The number of nitrogens with one attached hydrogen (secondary N) is 1. The molecule has 2 aromatic carbocycles. The van der Waals surface area contributed by atoms with Crippen LogP contribution in [-0.2, 0) is 0 Å². The quantitative estimate of drug-likeness (QED) is 0.489. The number of nitrogens with zero attached hydrogens (tertiary/aromatic N) is 1. The highest BCUT2D eigenvalue weighted by molar-refractivity contribution is 5.97. The number of phenolic OH excluding ortho intramolecular Hbond substituents is 1. The van der Waals surface area contributed by atoms with Crippen molar-refractivity contribution in [2.24, 2.45) is 5.10 Å². The van der Waals surface area contributed by atoms with Crippen LogP contribution in [0.4, 0.5) is 0 Å². The number of hydrazone groups is 1. The van der Waals surface area contributed by atoms with Crippen molar-refractivity contribution in [3.05, 3.63) is 72.3 Å². The van der Waals surface area contributed by atoms with Crippen molar-refractivity contribution >= 4 is 12.1 Å². The van der Waals surface area contributed by atoms with Crippen LogP contribution in [0.15, 0.2) is 66.3 Å². The number of aromatic hydroxyl groups is 1. The topological polar surface area (TPSA) is 70.9 Å². The largest absolute Gasteiger partial charge is 0.508 e. The molecule has 1 amide bonds. The Morgan fingerprint density at radius 3 is 2.86 bits per heavy atom.